The molecule has 3 aromatic rings. The first-order chi connectivity index (χ1) is 9.28. The van der Waals surface area contributed by atoms with Gasteiger partial charge in [-0.05, 0) is 36.7 Å². The van der Waals surface area contributed by atoms with Crippen LogP contribution in [0.25, 0.3) is 22.2 Å². The molecule has 0 saturated heterocycles. The van der Waals surface area contributed by atoms with E-state index < -0.39 is 0 Å². The molecule has 0 radical (unpaired) electrons. The Balaban J connectivity index is 2.18. The fourth-order valence-corrected chi connectivity index (χ4v) is 2.27. The minimum absolute atomic E-state index is 0.523. The van der Waals surface area contributed by atoms with E-state index in [2.05, 4.69) is 21.2 Å². The number of anilines is 1. The summed E-state index contributed by atoms with van der Waals surface area (Å²) in [6.45, 7) is 0.597. The molecule has 0 bridgehead atoms. The molecule has 2 aromatic heterocycles. The minimum Gasteiger partial charge on any atom is -0.384 e. The molecule has 0 fully saturated rings. The van der Waals surface area contributed by atoms with E-state index in [1.165, 1.54) is 0 Å². The van der Waals surface area contributed by atoms with Gasteiger partial charge in [0.2, 0.25) is 0 Å². The van der Waals surface area contributed by atoms with Crippen molar-refractivity contribution in [2.45, 2.75) is 6.42 Å². The molecule has 5 N–H and O–H groups in total. The van der Waals surface area contributed by atoms with Gasteiger partial charge in [-0.15, -0.1) is 0 Å². The van der Waals surface area contributed by atoms with Crippen LogP contribution >= 0.6 is 0 Å². The lowest BCUT2D eigenvalue weighted by atomic mass is 10.0. The molecule has 1 aromatic carbocycles. The topological polar surface area (TPSA) is 93.6 Å². The fourth-order valence-electron chi connectivity index (χ4n) is 2.27. The maximum absolute atomic E-state index is 5.85. The lowest BCUT2D eigenvalue weighted by molar-refractivity contribution is 0.976. The van der Waals surface area contributed by atoms with Gasteiger partial charge in [0.25, 0.3) is 0 Å². The number of nitrogens with two attached hydrogens (primary N) is 2. The number of aromatic nitrogens is 3. The Morgan fingerprint density at radius 3 is 2.79 bits per heavy atom. The zero-order chi connectivity index (χ0) is 13.2. The monoisotopic (exact) mass is 253 g/mol. The van der Waals surface area contributed by atoms with Crippen LogP contribution in [0, 0.1) is 0 Å². The van der Waals surface area contributed by atoms with Crippen LogP contribution in [-0.4, -0.2) is 21.7 Å². The average molecular weight is 253 g/mol. The number of nitrogens with zero attached hydrogens (tertiary/aromatic N) is 2. The molecule has 0 spiro atoms. The molecular formula is C14H15N5. The molecule has 5 heteroatoms. The number of aromatic amines is 1. The number of hydrogen-bond donors (Lipinski definition) is 3. The summed E-state index contributed by atoms with van der Waals surface area (Å²) >= 11 is 0. The van der Waals surface area contributed by atoms with Crippen molar-refractivity contribution >= 4 is 16.7 Å². The molecule has 19 heavy (non-hydrogen) atoms. The Bertz CT molecular complexity index is 703. The summed E-state index contributed by atoms with van der Waals surface area (Å²) in [5.74, 6) is 0.523. The Kier molecular flexibility index (Phi) is 2.89. The van der Waals surface area contributed by atoms with Crippen LogP contribution in [0.3, 0.4) is 0 Å². The van der Waals surface area contributed by atoms with Crippen LogP contribution in [0.5, 0.6) is 0 Å². The third-order valence-electron chi connectivity index (χ3n) is 3.13. The summed E-state index contributed by atoms with van der Waals surface area (Å²) in [5.41, 5.74) is 15.4. The second kappa shape index (κ2) is 4.70. The maximum Gasteiger partial charge on any atom is 0.124 e. The van der Waals surface area contributed by atoms with Crippen molar-refractivity contribution in [3.8, 4) is 11.3 Å². The van der Waals surface area contributed by atoms with Crippen molar-refractivity contribution in [3.05, 3.63) is 42.1 Å². The van der Waals surface area contributed by atoms with Gasteiger partial charge in [0.15, 0.2) is 0 Å². The molecule has 0 aliphatic carbocycles. The van der Waals surface area contributed by atoms with Crippen molar-refractivity contribution < 1.29 is 0 Å². The number of H-pyrrole nitrogens is 1. The number of fused-ring (bicyclic) bond motifs is 1. The van der Waals surface area contributed by atoms with Gasteiger partial charge in [-0.25, -0.2) is 4.98 Å². The number of nitrogen functional groups attached to an aromatic ring is 1. The Morgan fingerprint density at radius 2 is 2.05 bits per heavy atom. The van der Waals surface area contributed by atoms with Crippen LogP contribution in [-0.2, 0) is 6.42 Å². The van der Waals surface area contributed by atoms with Gasteiger partial charge < -0.3 is 11.5 Å². The second-order valence-electron chi connectivity index (χ2n) is 4.44. The van der Waals surface area contributed by atoms with Crippen molar-refractivity contribution in [1.82, 2.24) is 15.2 Å². The van der Waals surface area contributed by atoms with Crippen molar-refractivity contribution in [3.63, 3.8) is 0 Å². The molecular weight excluding hydrogens is 238 g/mol. The maximum atomic E-state index is 5.85. The first-order valence-corrected chi connectivity index (χ1v) is 6.17. The van der Waals surface area contributed by atoms with Crippen LogP contribution in [0.1, 0.15) is 5.56 Å². The van der Waals surface area contributed by atoms with Gasteiger partial charge in [0.05, 0.1) is 11.2 Å². The molecule has 5 nitrogen and oxygen atoms in total. The molecule has 0 atom stereocenters. The van der Waals surface area contributed by atoms with Crippen LogP contribution in [0.2, 0.25) is 0 Å². The number of nitrogens with one attached hydrogen (secondary N) is 1. The van der Waals surface area contributed by atoms with E-state index in [1.54, 1.807) is 6.20 Å². The van der Waals surface area contributed by atoms with E-state index in [9.17, 15) is 0 Å². The first-order valence-electron chi connectivity index (χ1n) is 6.17. The van der Waals surface area contributed by atoms with E-state index >= 15 is 0 Å². The lowest BCUT2D eigenvalue weighted by Gasteiger charge is -2.08. The Hall–Kier alpha value is -2.40. The van der Waals surface area contributed by atoms with Gasteiger partial charge >= 0.3 is 0 Å². The fraction of sp³-hybridized carbons (Fsp3) is 0.143. The average Bonchev–Trinajstić information content (AvgIpc) is 2.92. The highest BCUT2D eigenvalue weighted by molar-refractivity contribution is 5.87. The van der Waals surface area contributed by atoms with Crippen LogP contribution < -0.4 is 11.5 Å². The van der Waals surface area contributed by atoms with Crippen molar-refractivity contribution in [2.75, 3.05) is 12.3 Å². The summed E-state index contributed by atoms with van der Waals surface area (Å²) in [5, 5.41) is 8.07. The normalized spacial score (nSPS) is 11.0. The number of rotatable bonds is 3. The highest BCUT2D eigenvalue weighted by Crippen LogP contribution is 2.25. The SMILES string of the molecule is NCCc1cc(N)nc2cc(-c3cc[nH]n3)ccc12. The molecule has 0 amide bonds. The van der Waals surface area contributed by atoms with Crippen LogP contribution in [0.15, 0.2) is 36.5 Å². The standard InChI is InChI=1S/C14H15N5/c15-5-3-9-8-14(16)18-13-7-10(1-2-11(9)13)12-4-6-17-19-12/h1-2,4,6-8H,3,5,15H2,(H2,16,18)(H,17,19). The molecule has 0 unspecified atom stereocenters. The zero-order valence-corrected chi connectivity index (χ0v) is 10.4. The van der Waals surface area contributed by atoms with Gasteiger partial charge in [0, 0.05) is 17.1 Å². The first kappa shape index (κ1) is 11.7. The van der Waals surface area contributed by atoms with E-state index in [-0.39, 0.29) is 0 Å². The van der Waals surface area contributed by atoms with Gasteiger partial charge in [-0.3, -0.25) is 5.10 Å². The predicted molar refractivity (Wildman–Crippen MR) is 76.5 cm³/mol. The summed E-state index contributed by atoms with van der Waals surface area (Å²) < 4.78 is 0. The van der Waals surface area contributed by atoms with Crippen LogP contribution in [0.4, 0.5) is 5.82 Å². The summed E-state index contributed by atoms with van der Waals surface area (Å²) in [6.07, 6.45) is 2.59. The summed E-state index contributed by atoms with van der Waals surface area (Å²) in [7, 11) is 0. The zero-order valence-electron chi connectivity index (χ0n) is 10.4. The molecule has 2 heterocycles. The summed E-state index contributed by atoms with van der Waals surface area (Å²) in [6, 6.07) is 9.91. The van der Waals surface area contributed by atoms with E-state index in [0.717, 1.165) is 34.1 Å². The van der Waals surface area contributed by atoms with Gasteiger partial charge in [0.1, 0.15) is 5.82 Å². The predicted octanol–water partition coefficient (Wildman–Crippen LogP) is 1.71. The Labute approximate surface area is 110 Å². The third kappa shape index (κ3) is 2.15. The highest BCUT2D eigenvalue weighted by atomic mass is 15.1. The molecule has 0 aliphatic heterocycles. The Morgan fingerprint density at radius 1 is 1.16 bits per heavy atom. The molecule has 0 saturated carbocycles. The number of pyridine rings is 1. The third-order valence-corrected chi connectivity index (χ3v) is 3.13. The second-order valence-corrected chi connectivity index (χ2v) is 4.44. The quantitative estimate of drug-likeness (QED) is 0.662. The van der Waals surface area contributed by atoms with E-state index in [0.29, 0.717) is 12.4 Å². The van der Waals surface area contributed by atoms with Crippen molar-refractivity contribution in [2.24, 2.45) is 5.73 Å². The minimum atomic E-state index is 0.523. The molecule has 3 rings (SSSR count). The smallest absolute Gasteiger partial charge is 0.124 e. The largest absolute Gasteiger partial charge is 0.384 e. The number of benzene rings is 1. The van der Waals surface area contributed by atoms with Crippen molar-refractivity contribution in [1.29, 1.82) is 0 Å². The summed E-state index contributed by atoms with van der Waals surface area (Å²) in [4.78, 5) is 4.39. The van der Waals surface area contributed by atoms with Gasteiger partial charge in [-0.2, -0.15) is 5.10 Å². The van der Waals surface area contributed by atoms with E-state index in [1.807, 2.05) is 24.3 Å². The van der Waals surface area contributed by atoms with Gasteiger partial charge in [-0.1, -0.05) is 12.1 Å². The van der Waals surface area contributed by atoms with E-state index in [4.69, 9.17) is 11.5 Å². The lowest BCUT2D eigenvalue weighted by Crippen LogP contribution is -2.04. The highest BCUT2D eigenvalue weighted by Gasteiger charge is 2.07. The molecule has 96 valence electrons. The molecule has 0 aliphatic rings. The number of hydrogen-bond acceptors (Lipinski definition) is 4.